The monoisotopic (exact) mass is 230 g/mol. The summed E-state index contributed by atoms with van der Waals surface area (Å²) in [7, 11) is 0. The van der Waals surface area contributed by atoms with Crippen LogP contribution in [0.15, 0.2) is 36.5 Å². The fraction of sp³-hybridized carbons (Fsp3) is 0.357. The fourth-order valence-electron chi connectivity index (χ4n) is 1.78. The van der Waals surface area contributed by atoms with Gasteiger partial charge in [0.05, 0.1) is 12.3 Å². The molecule has 90 valence electrons. The van der Waals surface area contributed by atoms with Crippen LogP contribution < -0.4 is 0 Å². The molecule has 0 aliphatic heterocycles. The molecular formula is C14H18N2O. The topological polar surface area (TPSA) is 38.0 Å². The van der Waals surface area contributed by atoms with E-state index in [2.05, 4.69) is 5.10 Å². The van der Waals surface area contributed by atoms with E-state index >= 15 is 0 Å². The molecule has 0 saturated carbocycles. The van der Waals surface area contributed by atoms with Gasteiger partial charge in [-0.1, -0.05) is 26.0 Å². The van der Waals surface area contributed by atoms with Gasteiger partial charge >= 0.3 is 0 Å². The van der Waals surface area contributed by atoms with E-state index in [1.54, 1.807) is 6.20 Å². The summed E-state index contributed by atoms with van der Waals surface area (Å²) in [5.41, 5.74) is 3.09. The Morgan fingerprint density at radius 1 is 1.18 bits per heavy atom. The third-order valence-corrected chi connectivity index (χ3v) is 3.12. The summed E-state index contributed by atoms with van der Waals surface area (Å²) in [5, 5.41) is 13.6. The van der Waals surface area contributed by atoms with E-state index in [1.165, 1.54) is 0 Å². The minimum atomic E-state index is -0.197. The van der Waals surface area contributed by atoms with Crippen LogP contribution >= 0.6 is 0 Å². The summed E-state index contributed by atoms with van der Waals surface area (Å²) in [5.74, 6) is 0. The van der Waals surface area contributed by atoms with Crippen molar-refractivity contribution in [1.82, 2.24) is 9.78 Å². The van der Waals surface area contributed by atoms with Gasteiger partial charge in [0, 0.05) is 17.3 Å². The Bertz CT molecular complexity index is 497. The summed E-state index contributed by atoms with van der Waals surface area (Å²) in [4.78, 5) is 0. The molecule has 0 amide bonds. The Hall–Kier alpha value is -1.61. The van der Waals surface area contributed by atoms with Gasteiger partial charge in [-0.15, -0.1) is 0 Å². The van der Waals surface area contributed by atoms with E-state index in [9.17, 15) is 5.11 Å². The molecule has 1 aromatic heterocycles. The number of hydrogen-bond acceptors (Lipinski definition) is 2. The van der Waals surface area contributed by atoms with Crippen molar-refractivity contribution in [2.75, 3.05) is 6.61 Å². The highest BCUT2D eigenvalue weighted by molar-refractivity contribution is 5.37. The summed E-state index contributed by atoms with van der Waals surface area (Å²) < 4.78 is 1.90. The maximum absolute atomic E-state index is 9.33. The van der Waals surface area contributed by atoms with Crippen LogP contribution in [0.5, 0.6) is 0 Å². The Morgan fingerprint density at radius 2 is 1.82 bits per heavy atom. The smallest absolute Gasteiger partial charge is 0.0648 e. The van der Waals surface area contributed by atoms with Gasteiger partial charge in [0.2, 0.25) is 0 Å². The molecule has 17 heavy (non-hydrogen) atoms. The molecule has 1 aromatic carbocycles. The highest BCUT2D eigenvalue weighted by atomic mass is 16.3. The van der Waals surface area contributed by atoms with Crippen molar-refractivity contribution in [3.63, 3.8) is 0 Å². The largest absolute Gasteiger partial charge is 0.395 e. The number of nitrogens with zero attached hydrogens (tertiary/aromatic N) is 2. The average Bonchev–Trinajstić information content (AvgIpc) is 2.76. The van der Waals surface area contributed by atoms with Gasteiger partial charge in [-0.2, -0.15) is 5.10 Å². The van der Waals surface area contributed by atoms with E-state index in [1.807, 2.05) is 55.8 Å². The third-order valence-electron chi connectivity index (χ3n) is 3.12. The second-order valence-electron chi connectivity index (χ2n) is 4.97. The summed E-state index contributed by atoms with van der Waals surface area (Å²) in [6, 6.07) is 10.1. The molecule has 1 heterocycles. The molecular weight excluding hydrogens is 212 g/mol. The average molecular weight is 230 g/mol. The van der Waals surface area contributed by atoms with Crippen molar-refractivity contribution in [1.29, 1.82) is 0 Å². The number of aryl methyl sites for hydroxylation is 1. The molecule has 0 atom stereocenters. The van der Waals surface area contributed by atoms with Gasteiger partial charge in [0.25, 0.3) is 0 Å². The van der Waals surface area contributed by atoms with Crippen LogP contribution in [0.3, 0.4) is 0 Å². The third kappa shape index (κ3) is 2.24. The van der Waals surface area contributed by atoms with Crippen LogP contribution in [0, 0.1) is 6.92 Å². The minimum Gasteiger partial charge on any atom is -0.395 e. The standard InChI is InChI=1S/C14H18N2O/c1-11-8-9-15-16(11)13-6-4-12(5-7-13)14(2,3)10-17/h4-9,17H,10H2,1-3H3. The summed E-state index contributed by atoms with van der Waals surface area (Å²) in [6.07, 6.45) is 1.79. The first-order valence-corrected chi connectivity index (χ1v) is 5.77. The van der Waals surface area contributed by atoms with Crippen molar-refractivity contribution in [3.05, 3.63) is 47.8 Å². The first kappa shape index (κ1) is 11.9. The summed E-state index contributed by atoms with van der Waals surface area (Å²) in [6.45, 7) is 6.23. The SMILES string of the molecule is Cc1ccnn1-c1ccc(C(C)(C)CO)cc1. The number of aromatic nitrogens is 2. The number of hydrogen-bond donors (Lipinski definition) is 1. The minimum absolute atomic E-state index is 0.146. The lowest BCUT2D eigenvalue weighted by Crippen LogP contribution is -2.21. The van der Waals surface area contributed by atoms with Gasteiger partial charge < -0.3 is 5.11 Å². The fourth-order valence-corrected chi connectivity index (χ4v) is 1.78. The molecule has 1 N–H and O–H groups in total. The van der Waals surface area contributed by atoms with Crippen molar-refractivity contribution < 1.29 is 5.11 Å². The predicted molar refractivity (Wildman–Crippen MR) is 68.4 cm³/mol. The first-order chi connectivity index (χ1) is 8.04. The maximum Gasteiger partial charge on any atom is 0.0648 e. The predicted octanol–water partition coefficient (Wildman–Crippen LogP) is 2.45. The van der Waals surface area contributed by atoms with Crippen molar-refractivity contribution >= 4 is 0 Å². The van der Waals surface area contributed by atoms with E-state index < -0.39 is 0 Å². The zero-order chi connectivity index (χ0) is 12.5. The maximum atomic E-state index is 9.33. The molecule has 0 unspecified atom stereocenters. The van der Waals surface area contributed by atoms with Crippen molar-refractivity contribution in [3.8, 4) is 5.69 Å². The van der Waals surface area contributed by atoms with E-state index in [0.717, 1.165) is 16.9 Å². The summed E-state index contributed by atoms with van der Waals surface area (Å²) >= 11 is 0. The van der Waals surface area contributed by atoms with Crippen LogP contribution in [-0.2, 0) is 5.41 Å². The number of aliphatic hydroxyl groups is 1. The molecule has 0 bridgehead atoms. The van der Waals surface area contributed by atoms with Crippen LogP contribution in [-0.4, -0.2) is 21.5 Å². The number of benzene rings is 1. The lowest BCUT2D eigenvalue weighted by Gasteiger charge is -2.22. The lowest BCUT2D eigenvalue weighted by molar-refractivity contribution is 0.218. The second kappa shape index (κ2) is 4.34. The molecule has 3 nitrogen and oxygen atoms in total. The van der Waals surface area contributed by atoms with Gasteiger partial charge in [-0.3, -0.25) is 0 Å². The Kier molecular flexibility index (Phi) is 3.03. The quantitative estimate of drug-likeness (QED) is 0.879. The molecule has 0 aliphatic carbocycles. The van der Waals surface area contributed by atoms with Crippen LogP contribution in [0.2, 0.25) is 0 Å². The van der Waals surface area contributed by atoms with Crippen molar-refractivity contribution in [2.24, 2.45) is 0 Å². The van der Waals surface area contributed by atoms with E-state index in [-0.39, 0.29) is 12.0 Å². The van der Waals surface area contributed by atoms with Gasteiger partial charge in [-0.05, 0) is 30.7 Å². The Morgan fingerprint density at radius 3 is 2.29 bits per heavy atom. The molecule has 0 saturated heterocycles. The van der Waals surface area contributed by atoms with Crippen LogP contribution in [0.4, 0.5) is 0 Å². The normalized spacial score (nSPS) is 11.8. The van der Waals surface area contributed by atoms with Crippen LogP contribution in [0.25, 0.3) is 5.69 Å². The second-order valence-corrected chi connectivity index (χ2v) is 4.97. The highest BCUT2D eigenvalue weighted by Gasteiger charge is 2.18. The van der Waals surface area contributed by atoms with Crippen molar-refractivity contribution in [2.45, 2.75) is 26.2 Å². The molecule has 2 aromatic rings. The molecule has 0 radical (unpaired) electrons. The number of rotatable bonds is 3. The molecule has 0 spiro atoms. The lowest BCUT2D eigenvalue weighted by atomic mass is 9.85. The Balaban J connectivity index is 2.34. The molecule has 0 fully saturated rings. The van der Waals surface area contributed by atoms with Crippen LogP contribution in [0.1, 0.15) is 25.1 Å². The zero-order valence-corrected chi connectivity index (χ0v) is 10.5. The van der Waals surface area contributed by atoms with E-state index in [0.29, 0.717) is 0 Å². The highest BCUT2D eigenvalue weighted by Crippen LogP contribution is 2.23. The Labute approximate surface area is 102 Å². The van der Waals surface area contributed by atoms with Gasteiger partial charge in [0.15, 0.2) is 0 Å². The molecule has 2 rings (SSSR count). The van der Waals surface area contributed by atoms with Gasteiger partial charge in [0.1, 0.15) is 0 Å². The van der Waals surface area contributed by atoms with Gasteiger partial charge in [-0.25, -0.2) is 4.68 Å². The molecule has 3 heteroatoms. The first-order valence-electron chi connectivity index (χ1n) is 5.77. The van der Waals surface area contributed by atoms with E-state index in [4.69, 9.17) is 0 Å². The zero-order valence-electron chi connectivity index (χ0n) is 10.5. The number of aliphatic hydroxyl groups excluding tert-OH is 1. The molecule has 0 aliphatic rings.